The standard InChI is InChI=1S/C12H15ClF3NO3S/c1-7(5-8(2)18)17-21(19,20)9-3-4-11(13)10(6-9)12(14,15)16/h3-4,6-8,17-18H,5H2,1-2H3. The third-order valence-electron chi connectivity index (χ3n) is 2.60. The second kappa shape index (κ2) is 6.51. The van der Waals surface area contributed by atoms with Gasteiger partial charge in [-0.05, 0) is 38.5 Å². The van der Waals surface area contributed by atoms with Crippen molar-refractivity contribution in [1.29, 1.82) is 0 Å². The van der Waals surface area contributed by atoms with Gasteiger partial charge in [0, 0.05) is 6.04 Å². The normalized spacial score (nSPS) is 15.8. The molecule has 0 radical (unpaired) electrons. The van der Waals surface area contributed by atoms with Crippen molar-refractivity contribution in [2.24, 2.45) is 0 Å². The van der Waals surface area contributed by atoms with E-state index in [9.17, 15) is 26.7 Å². The summed E-state index contributed by atoms with van der Waals surface area (Å²) in [5, 5.41) is 8.61. The van der Waals surface area contributed by atoms with E-state index in [1.807, 2.05) is 0 Å². The van der Waals surface area contributed by atoms with Gasteiger partial charge in [0.05, 0.1) is 21.6 Å². The number of sulfonamides is 1. The summed E-state index contributed by atoms with van der Waals surface area (Å²) in [5.74, 6) is 0. The Morgan fingerprint density at radius 2 is 1.90 bits per heavy atom. The van der Waals surface area contributed by atoms with Crippen LogP contribution >= 0.6 is 11.6 Å². The van der Waals surface area contributed by atoms with Gasteiger partial charge in [-0.15, -0.1) is 0 Å². The number of hydrogen-bond donors (Lipinski definition) is 2. The molecule has 0 spiro atoms. The minimum Gasteiger partial charge on any atom is -0.393 e. The van der Waals surface area contributed by atoms with E-state index in [0.717, 1.165) is 12.1 Å². The molecular formula is C12H15ClF3NO3S. The number of benzene rings is 1. The molecular weight excluding hydrogens is 331 g/mol. The molecule has 1 aromatic carbocycles. The Kier molecular flexibility index (Phi) is 5.65. The molecule has 0 heterocycles. The minimum atomic E-state index is -4.74. The molecule has 0 aliphatic carbocycles. The summed E-state index contributed by atoms with van der Waals surface area (Å²) in [5.41, 5.74) is -1.21. The average molecular weight is 346 g/mol. The third-order valence-corrected chi connectivity index (χ3v) is 4.52. The zero-order chi connectivity index (χ0) is 16.4. The molecule has 2 unspecified atom stereocenters. The first kappa shape index (κ1) is 18.2. The summed E-state index contributed by atoms with van der Waals surface area (Å²) >= 11 is 5.44. The van der Waals surface area contributed by atoms with Crippen molar-refractivity contribution in [3.05, 3.63) is 28.8 Å². The van der Waals surface area contributed by atoms with E-state index in [-0.39, 0.29) is 6.42 Å². The van der Waals surface area contributed by atoms with Crippen LogP contribution in [0.3, 0.4) is 0 Å². The maximum absolute atomic E-state index is 12.7. The number of alkyl halides is 3. The van der Waals surface area contributed by atoms with Crippen LogP contribution < -0.4 is 4.72 Å². The molecule has 0 fully saturated rings. The average Bonchev–Trinajstić information content (AvgIpc) is 2.25. The van der Waals surface area contributed by atoms with Crippen LogP contribution in [0.2, 0.25) is 5.02 Å². The lowest BCUT2D eigenvalue weighted by Gasteiger charge is -2.16. The predicted molar refractivity (Wildman–Crippen MR) is 72.5 cm³/mol. The molecule has 0 aliphatic rings. The summed E-state index contributed by atoms with van der Waals surface area (Å²) in [4.78, 5) is -0.531. The molecule has 0 aromatic heterocycles. The van der Waals surface area contributed by atoms with Crippen molar-refractivity contribution in [3.63, 3.8) is 0 Å². The predicted octanol–water partition coefficient (Wildman–Crippen LogP) is 2.80. The van der Waals surface area contributed by atoms with Gasteiger partial charge in [-0.1, -0.05) is 11.6 Å². The van der Waals surface area contributed by atoms with E-state index in [4.69, 9.17) is 11.6 Å². The quantitative estimate of drug-likeness (QED) is 0.862. The van der Waals surface area contributed by atoms with Crippen LogP contribution in [0.15, 0.2) is 23.1 Å². The summed E-state index contributed by atoms with van der Waals surface area (Å²) < 4.78 is 64.4. The molecule has 1 aromatic rings. The lowest BCUT2D eigenvalue weighted by molar-refractivity contribution is -0.137. The van der Waals surface area contributed by atoms with E-state index in [1.165, 1.54) is 13.8 Å². The maximum Gasteiger partial charge on any atom is 0.417 e. The first-order valence-corrected chi connectivity index (χ1v) is 7.86. The number of rotatable bonds is 5. The molecule has 4 nitrogen and oxygen atoms in total. The molecule has 0 saturated carbocycles. The number of halogens is 4. The minimum absolute atomic E-state index is 0.138. The zero-order valence-electron chi connectivity index (χ0n) is 11.3. The van der Waals surface area contributed by atoms with Crippen molar-refractivity contribution in [2.45, 2.75) is 43.5 Å². The lowest BCUT2D eigenvalue weighted by Crippen LogP contribution is -2.34. The Labute approximate surface area is 126 Å². The van der Waals surface area contributed by atoms with Gasteiger partial charge in [-0.25, -0.2) is 13.1 Å². The zero-order valence-corrected chi connectivity index (χ0v) is 12.9. The SMILES string of the molecule is CC(O)CC(C)NS(=O)(=O)c1ccc(Cl)c(C(F)(F)F)c1. The highest BCUT2D eigenvalue weighted by atomic mass is 35.5. The van der Waals surface area contributed by atoms with Crippen molar-refractivity contribution < 1.29 is 26.7 Å². The van der Waals surface area contributed by atoms with Crippen molar-refractivity contribution in [1.82, 2.24) is 4.72 Å². The van der Waals surface area contributed by atoms with Crippen LogP contribution in [0.4, 0.5) is 13.2 Å². The van der Waals surface area contributed by atoms with Crippen LogP contribution in [-0.2, 0) is 16.2 Å². The van der Waals surface area contributed by atoms with Gasteiger partial charge in [-0.2, -0.15) is 13.2 Å². The topological polar surface area (TPSA) is 66.4 Å². The highest BCUT2D eigenvalue weighted by molar-refractivity contribution is 7.89. The van der Waals surface area contributed by atoms with Crippen LogP contribution in [0.1, 0.15) is 25.8 Å². The van der Waals surface area contributed by atoms with Gasteiger partial charge in [-0.3, -0.25) is 0 Å². The van der Waals surface area contributed by atoms with Gasteiger partial charge in [0.15, 0.2) is 0 Å². The first-order valence-electron chi connectivity index (χ1n) is 6.00. The Balaban J connectivity index is 3.10. The molecule has 120 valence electrons. The van der Waals surface area contributed by atoms with E-state index in [0.29, 0.717) is 6.07 Å². The number of aliphatic hydroxyl groups is 1. The number of hydrogen-bond acceptors (Lipinski definition) is 3. The highest BCUT2D eigenvalue weighted by Crippen LogP contribution is 2.35. The number of nitrogens with one attached hydrogen (secondary N) is 1. The molecule has 0 aliphatic heterocycles. The van der Waals surface area contributed by atoms with Crippen molar-refractivity contribution in [2.75, 3.05) is 0 Å². The molecule has 2 N–H and O–H groups in total. The van der Waals surface area contributed by atoms with E-state index in [2.05, 4.69) is 4.72 Å². The van der Waals surface area contributed by atoms with Gasteiger partial charge in [0.1, 0.15) is 0 Å². The van der Waals surface area contributed by atoms with Gasteiger partial charge < -0.3 is 5.11 Å². The summed E-state index contributed by atoms with van der Waals surface area (Å²) in [7, 11) is -4.12. The Hall–Kier alpha value is -0.830. The first-order chi connectivity index (χ1) is 9.43. The largest absolute Gasteiger partial charge is 0.417 e. The Bertz CT molecular complexity index is 602. The highest BCUT2D eigenvalue weighted by Gasteiger charge is 2.34. The number of aliphatic hydroxyl groups excluding tert-OH is 1. The maximum atomic E-state index is 12.7. The lowest BCUT2D eigenvalue weighted by atomic mass is 10.2. The summed E-state index contributed by atoms with van der Waals surface area (Å²) in [6.07, 6.45) is -5.34. The third kappa shape index (κ3) is 5.14. The van der Waals surface area contributed by atoms with Crippen molar-refractivity contribution >= 4 is 21.6 Å². The van der Waals surface area contributed by atoms with Gasteiger partial charge >= 0.3 is 6.18 Å². The second-order valence-corrected chi connectivity index (χ2v) is 6.87. The molecule has 0 saturated heterocycles. The second-order valence-electron chi connectivity index (χ2n) is 4.75. The fraction of sp³-hybridized carbons (Fsp3) is 0.500. The monoisotopic (exact) mass is 345 g/mol. The van der Waals surface area contributed by atoms with Crippen LogP contribution in [0.25, 0.3) is 0 Å². The molecule has 0 amide bonds. The van der Waals surface area contributed by atoms with E-state index >= 15 is 0 Å². The van der Waals surface area contributed by atoms with E-state index in [1.54, 1.807) is 0 Å². The van der Waals surface area contributed by atoms with Gasteiger partial charge in [0.25, 0.3) is 0 Å². The van der Waals surface area contributed by atoms with Crippen LogP contribution in [0, 0.1) is 0 Å². The van der Waals surface area contributed by atoms with Crippen LogP contribution in [0.5, 0.6) is 0 Å². The molecule has 1 rings (SSSR count). The van der Waals surface area contributed by atoms with Crippen molar-refractivity contribution in [3.8, 4) is 0 Å². The smallest absolute Gasteiger partial charge is 0.393 e. The fourth-order valence-electron chi connectivity index (χ4n) is 1.78. The Morgan fingerprint density at radius 1 is 1.33 bits per heavy atom. The summed E-state index contributed by atoms with van der Waals surface area (Å²) in [6, 6.07) is 1.74. The summed E-state index contributed by atoms with van der Waals surface area (Å²) in [6.45, 7) is 2.99. The molecule has 2 atom stereocenters. The molecule has 9 heteroatoms. The Morgan fingerprint density at radius 3 is 2.38 bits per heavy atom. The molecule has 21 heavy (non-hydrogen) atoms. The molecule has 0 bridgehead atoms. The van der Waals surface area contributed by atoms with Gasteiger partial charge in [0.2, 0.25) is 10.0 Å². The fourth-order valence-corrected chi connectivity index (χ4v) is 3.29. The van der Waals surface area contributed by atoms with Crippen LogP contribution in [-0.4, -0.2) is 25.7 Å². The van der Waals surface area contributed by atoms with E-state index < -0.39 is 43.8 Å².